The maximum Gasteiger partial charge on any atom is 0.431 e. The highest BCUT2D eigenvalue weighted by Gasteiger charge is 2.35. The number of carboxylic acids is 1. The number of hydrogen-bond donors (Lipinski definition) is 1. The predicted molar refractivity (Wildman–Crippen MR) is 104 cm³/mol. The minimum absolute atomic E-state index is 0.0467. The van der Waals surface area contributed by atoms with Gasteiger partial charge in [-0.1, -0.05) is 12.1 Å². The quantitative estimate of drug-likeness (QED) is 0.425. The third kappa shape index (κ3) is 4.81. The molecule has 0 unspecified atom stereocenters. The molecule has 13 heteroatoms. The summed E-state index contributed by atoms with van der Waals surface area (Å²) in [5, 5.41) is 10.6. The summed E-state index contributed by atoms with van der Waals surface area (Å²) in [5.74, 6) is -3.08. The molecule has 3 rings (SSSR count). The van der Waals surface area contributed by atoms with E-state index in [0.29, 0.717) is 6.07 Å². The highest BCUT2D eigenvalue weighted by atomic mass is 19.4. The smallest absolute Gasteiger partial charge is 0.431 e. The summed E-state index contributed by atoms with van der Waals surface area (Å²) >= 11 is 0. The van der Waals surface area contributed by atoms with Crippen LogP contribution < -0.4 is 31.6 Å². The Kier molecular flexibility index (Phi) is 6.15. The Morgan fingerprint density at radius 2 is 1.73 bits per heavy atom. The highest BCUT2D eigenvalue weighted by Crippen LogP contribution is 2.36. The summed E-state index contributed by atoms with van der Waals surface area (Å²) in [7, 11) is 0.776. The molecule has 1 aromatic heterocycles. The number of carbonyl (C=O) groups excluding carboxylic acids is 1. The van der Waals surface area contributed by atoms with Crippen molar-refractivity contribution in [1.29, 1.82) is 0 Å². The van der Waals surface area contributed by atoms with Crippen molar-refractivity contribution in [3.05, 3.63) is 74.8 Å². The van der Waals surface area contributed by atoms with Gasteiger partial charge in [-0.2, -0.15) is 13.2 Å². The Hall–Kier alpha value is -4.29. The second kappa shape index (κ2) is 8.68. The van der Waals surface area contributed by atoms with Crippen LogP contribution in [0, 0.1) is 5.82 Å². The van der Waals surface area contributed by atoms with Crippen LogP contribution in [0.4, 0.5) is 23.2 Å². The number of halogens is 4. The Bertz CT molecular complexity index is 1350. The van der Waals surface area contributed by atoms with Crippen LogP contribution in [-0.4, -0.2) is 21.7 Å². The van der Waals surface area contributed by atoms with Crippen LogP contribution in [0.1, 0.15) is 5.69 Å². The van der Waals surface area contributed by atoms with E-state index in [4.69, 9.17) is 15.2 Å². The molecule has 9 nitrogen and oxygen atoms in total. The fourth-order valence-corrected chi connectivity index (χ4v) is 2.85. The lowest BCUT2D eigenvalue weighted by atomic mass is 10.2. The van der Waals surface area contributed by atoms with Crippen molar-refractivity contribution in [2.75, 3.05) is 12.3 Å². The van der Waals surface area contributed by atoms with Crippen LogP contribution in [0.25, 0.3) is 5.69 Å². The first-order valence-electron chi connectivity index (χ1n) is 8.99. The number of benzene rings is 2. The van der Waals surface area contributed by atoms with Gasteiger partial charge in [-0.15, -0.1) is 0 Å². The molecule has 0 saturated heterocycles. The van der Waals surface area contributed by atoms with Gasteiger partial charge in [-0.3, -0.25) is 9.36 Å². The van der Waals surface area contributed by atoms with E-state index in [0.717, 1.165) is 13.1 Å². The van der Waals surface area contributed by atoms with E-state index in [-0.39, 0.29) is 38.1 Å². The van der Waals surface area contributed by atoms with Gasteiger partial charge in [0.25, 0.3) is 5.56 Å². The van der Waals surface area contributed by atoms with Gasteiger partial charge < -0.3 is 25.1 Å². The molecule has 2 N–H and O–H groups in total. The van der Waals surface area contributed by atoms with Gasteiger partial charge in [0.15, 0.2) is 17.2 Å². The van der Waals surface area contributed by atoms with E-state index in [1.807, 2.05) is 0 Å². The molecule has 3 aromatic rings. The number of carbonyl (C=O) groups is 1. The van der Waals surface area contributed by atoms with Crippen molar-refractivity contribution in [2.45, 2.75) is 6.18 Å². The van der Waals surface area contributed by atoms with Crippen molar-refractivity contribution < 1.29 is 36.9 Å². The van der Waals surface area contributed by atoms with Gasteiger partial charge >= 0.3 is 11.9 Å². The van der Waals surface area contributed by atoms with Crippen molar-refractivity contribution in [1.82, 2.24) is 9.13 Å². The zero-order valence-corrected chi connectivity index (χ0v) is 16.7. The summed E-state index contributed by atoms with van der Waals surface area (Å²) < 4.78 is 64.7. The van der Waals surface area contributed by atoms with E-state index in [9.17, 15) is 37.1 Å². The number of para-hydroxylation sites is 2. The average Bonchev–Trinajstić information content (AvgIpc) is 2.72. The second-order valence-electron chi connectivity index (χ2n) is 6.59. The Labute approximate surface area is 181 Å². The van der Waals surface area contributed by atoms with Gasteiger partial charge in [-0.25, -0.2) is 13.8 Å². The van der Waals surface area contributed by atoms with Crippen molar-refractivity contribution in [2.24, 2.45) is 7.05 Å². The predicted octanol–water partition coefficient (Wildman–Crippen LogP) is 1.20. The number of aromatic nitrogens is 2. The highest BCUT2D eigenvalue weighted by molar-refractivity contribution is 5.66. The number of nitrogen functional groups attached to an aromatic ring is 1. The minimum Gasteiger partial charge on any atom is -0.546 e. The third-order valence-corrected chi connectivity index (χ3v) is 4.35. The molecule has 0 aliphatic carbocycles. The number of nitrogens with two attached hydrogens (primary N) is 1. The van der Waals surface area contributed by atoms with Crippen LogP contribution in [0.5, 0.6) is 17.2 Å². The number of rotatable bonds is 6. The summed E-state index contributed by atoms with van der Waals surface area (Å²) in [4.78, 5) is 35.4. The topological polar surface area (TPSA) is 129 Å². The molecule has 0 radical (unpaired) electrons. The molecule has 0 amide bonds. The van der Waals surface area contributed by atoms with Crippen LogP contribution in [-0.2, 0) is 18.0 Å². The average molecular weight is 468 g/mol. The molecular weight excluding hydrogens is 454 g/mol. The lowest BCUT2D eigenvalue weighted by Crippen LogP contribution is -2.41. The Balaban J connectivity index is 2.12. The fraction of sp³-hybridized carbons (Fsp3) is 0.150. The number of alkyl halides is 3. The molecule has 0 atom stereocenters. The molecule has 1 heterocycles. The van der Waals surface area contributed by atoms with Gasteiger partial charge in [0, 0.05) is 25.2 Å². The monoisotopic (exact) mass is 468 g/mol. The van der Waals surface area contributed by atoms with Gasteiger partial charge in [-0.05, 0) is 12.1 Å². The molecular formula is C20H14F4N3O6-. The second-order valence-corrected chi connectivity index (χ2v) is 6.59. The molecule has 0 spiro atoms. The summed E-state index contributed by atoms with van der Waals surface area (Å²) in [6, 6.07) is 7.42. The number of carboxylic acid groups (broad SMARTS) is 1. The zero-order valence-electron chi connectivity index (χ0n) is 16.7. The first kappa shape index (κ1) is 23.4. The maximum absolute atomic E-state index is 14.6. The number of nitrogens with zero attached hydrogens (tertiary/aromatic N) is 2. The molecule has 0 fully saturated rings. The standard InChI is InChI=1S/C20H15F4N3O6/c1-26-16(20(22,23)24)8-17(28)27(19(26)31)12-7-15(11(25)6-10(12)21)33-14-5-3-2-4-13(14)32-9-18(29)30/h2-8H,9,25H2,1H3,(H,29,30)/p-1. The largest absolute Gasteiger partial charge is 0.546 e. The molecule has 0 aliphatic heterocycles. The van der Waals surface area contributed by atoms with Gasteiger partial charge in [0.05, 0.1) is 17.3 Å². The first-order chi connectivity index (χ1) is 15.4. The fourth-order valence-electron chi connectivity index (χ4n) is 2.85. The van der Waals surface area contributed by atoms with Crippen LogP contribution in [0.3, 0.4) is 0 Å². The SMILES string of the molecule is Cn1c(C(F)(F)F)cc(=O)n(-c2cc(Oc3ccccc3OCC(=O)[O-])c(N)cc2F)c1=O. The minimum atomic E-state index is -4.99. The van der Waals surface area contributed by atoms with Gasteiger partial charge in [0.1, 0.15) is 18.1 Å². The number of hydrogen-bond acceptors (Lipinski definition) is 7. The third-order valence-electron chi connectivity index (χ3n) is 4.35. The van der Waals surface area contributed by atoms with Crippen LogP contribution in [0.15, 0.2) is 52.1 Å². The number of aliphatic carboxylic acids is 1. The van der Waals surface area contributed by atoms with Gasteiger partial charge in [0.2, 0.25) is 0 Å². The van der Waals surface area contributed by atoms with E-state index in [1.165, 1.54) is 24.3 Å². The molecule has 2 aromatic carbocycles. The molecule has 174 valence electrons. The molecule has 0 saturated carbocycles. The number of ether oxygens (including phenoxy) is 2. The first-order valence-corrected chi connectivity index (χ1v) is 8.99. The van der Waals surface area contributed by atoms with Crippen molar-refractivity contribution in [3.63, 3.8) is 0 Å². The van der Waals surface area contributed by atoms with Crippen LogP contribution in [0.2, 0.25) is 0 Å². The Morgan fingerprint density at radius 3 is 2.33 bits per heavy atom. The van der Waals surface area contributed by atoms with Crippen LogP contribution >= 0.6 is 0 Å². The molecule has 0 bridgehead atoms. The van der Waals surface area contributed by atoms with E-state index in [2.05, 4.69) is 0 Å². The zero-order chi connectivity index (χ0) is 24.5. The van der Waals surface area contributed by atoms with Crippen molar-refractivity contribution >= 4 is 11.7 Å². The summed E-state index contributed by atoms with van der Waals surface area (Å²) in [6.07, 6.45) is -4.99. The normalized spacial score (nSPS) is 11.3. The molecule has 33 heavy (non-hydrogen) atoms. The van der Waals surface area contributed by atoms with Crippen molar-refractivity contribution in [3.8, 4) is 22.9 Å². The molecule has 0 aliphatic rings. The summed E-state index contributed by atoms with van der Waals surface area (Å²) in [5.41, 5.74) is 0.338. The van der Waals surface area contributed by atoms with E-state index < -0.39 is 47.2 Å². The maximum atomic E-state index is 14.6. The van der Waals surface area contributed by atoms with E-state index >= 15 is 0 Å². The Morgan fingerprint density at radius 1 is 1.09 bits per heavy atom. The van der Waals surface area contributed by atoms with E-state index in [1.54, 1.807) is 0 Å². The lowest BCUT2D eigenvalue weighted by molar-refractivity contribution is -0.307. The number of anilines is 1. The summed E-state index contributed by atoms with van der Waals surface area (Å²) in [6.45, 7) is -0.804. The lowest BCUT2D eigenvalue weighted by Gasteiger charge is -2.17.